The molecule has 1 atom stereocenters. The number of hydrogen-bond acceptors (Lipinski definition) is 2. The normalized spacial score (nSPS) is 12.0. The molecule has 0 heterocycles. The number of aryl methyl sites for hydroxylation is 1. The third kappa shape index (κ3) is 6.48. The highest BCUT2D eigenvalue weighted by Crippen LogP contribution is 2.27. The first kappa shape index (κ1) is 24.2. The lowest BCUT2D eigenvalue weighted by Gasteiger charge is -2.29. The van der Waals surface area contributed by atoms with Gasteiger partial charge >= 0.3 is 0 Å². The van der Waals surface area contributed by atoms with Crippen LogP contribution in [-0.4, -0.2) is 29.3 Å². The molecule has 6 heteroatoms. The summed E-state index contributed by atoms with van der Waals surface area (Å²) in [6, 6.07) is 12.9. The number of nitrogens with zero attached hydrogens (tertiary/aromatic N) is 1. The zero-order valence-corrected chi connectivity index (χ0v) is 19.6. The Hall–Kier alpha value is -2.04. The van der Waals surface area contributed by atoms with Crippen LogP contribution in [0.4, 0.5) is 0 Å². The maximum Gasteiger partial charge on any atom is 0.242 e. The van der Waals surface area contributed by atoms with Gasteiger partial charge in [-0.1, -0.05) is 67.4 Å². The highest BCUT2D eigenvalue weighted by atomic mass is 35.5. The first-order valence-electron chi connectivity index (χ1n) is 10.3. The van der Waals surface area contributed by atoms with E-state index in [1.807, 2.05) is 6.92 Å². The maximum absolute atomic E-state index is 13.1. The predicted molar refractivity (Wildman–Crippen MR) is 124 cm³/mol. The molecular formula is C24H30Cl2N2O2. The van der Waals surface area contributed by atoms with Crippen LogP contribution in [0.25, 0.3) is 0 Å². The van der Waals surface area contributed by atoms with Crippen LogP contribution in [0, 0.1) is 0 Å². The number of carbonyl (C=O) groups excluding carboxylic acids is 2. The van der Waals surface area contributed by atoms with Gasteiger partial charge in [0.15, 0.2) is 0 Å². The minimum Gasteiger partial charge on any atom is -0.355 e. The highest BCUT2D eigenvalue weighted by molar-refractivity contribution is 6.36. The number of benzene rings is 2. The lowest BCUT2D eigenvalue weighted by Crippen LogP contribution is -2.47. The number of halogens is 2. The molecule has 162 valence electrons. The van der Waals surface area contributed by atoms with E-state index in [9.17, 15) is 9.59 Å². The summed E-state index contributed by atoms with van der Waals surface area (Å²) < 4.78 is 0. The molecule has 4 nitrogen and oxygen atoms in total. The lowest BCUT2D eigenvalue weighted by atomic mass is 10.00. The van der Waals surface area contributed by atoms with E-state index in [4.69, 9.17) is 23.2 Å². The van der Waals surface area contributed by atoms with Crippen molar-refractivity contribution < 1.29 is 9.59 Å². The van der Waals surface area contributed by atoms with Gasteiger partial charge in [-0.15, -0.1) is 0 Å². The Morgan fingerprint density at radius 3 is 2.13 bits per heavy atom. The Kier molecular flexibility index (Phi) is 9.19. The summed E-state index contributed by atoms with van der Waals surface area (Å²) in [6.07, 6.45) is 0.902. The van der Waals surface area contributed by atoms with Crippen molar-refractivity contribution >= 4 is 35.0 Å². The lowest BCUT2D eigenvalue weighted by molar-refractivity contribution is -0.140. The Balaban J connectivity index is 2.18. The van der Waals surface area contributed by atoms with Gasteiger partial charge in [-0.25, -0.2) is 0 Å². The van der Waals surface area contributed by atoms with E-state index in [-0.39, 0.29) is 18.4 Å². The SMILES string of the molecule is CCNC(=O)C(C)N(Cc1c(Cl)cccc1Cl)C(=O)CCc1ccc(C(C)C)cc1. The molecule has 0 aromatic heterocycles. The summed E-state index contributed by atoms with van der Waals surface area (Å²) >= 11 is 12.6. The average Bonchev–Trinajstić information content (AvgIpc) is 2.72. The minimum absolute atomic E-state index is 0.113. The van der Waals surface area contributed by atoms with E-state index in [1.54, 1.807) is 30.0 Å². The van der Waals surface area contributed by atoms with Crippen LogP contribution < -0.4 is 5.32 Å². The number of amides is 2. The molecule has 2 amide bonds. The third-order valence-electron chi connectivity index (χ3n) is 5.18. The van der Waals surface area contributed by atoms with Gasteiger partial charge in [-0.3, -0.25) is 9.59 Å². The van der Waals surface area contributed by atoms with Gasteiger partial charge in [0.2, 0.25) is 11.8 Å². The monoisotopic (exact) mass is 448 g/mol. The molecule has 2 rings (SSSR count). The largest absolute Gasteiger partial charge is 0.355 e. The fourth-order valence-electron chi connectivity index (χ4n) is 3.22. The van der Waals surface area contributed by atoms with Gasteiger partial charge in [-0.2, -0.15) is 0 Å². The van der Waals surface area contributed by atoms with E-state index < -0.39 is 6.04 Å². The van der Waals surface area contributed by atoms with Gasteiger partial charge in [-0.05, 0) is 49.4 Å². The van der Waals surface area contributed by atoms with Crippen molar-refractivity contribution in [2.24, 2.45) is 0 Å². The van der Waals surface area contributed by atoms with Crippen LogP contribution in [0.1, 0.15) is 56.7 Å². The quantitative estimate of drug-likeness (QED) is 0.542. The number of carbonyl (C=O) groups is 2. The van der Waals surface area contributed by atoms with Crippen molar-refractivity contribution in [3.05, 3.63) is 69.2 Å². The van der Waals surface area contributed by atoms with Crippen LogP contribution in [0.5, 0.6) is 0 Å². The molecular weight excluding hydrogens is 419 g/mol. The molecule has 0 saturated heterocycles. The van der Waals surface area contributed by atoms with Crippen LogP contribution in [0.15, 0.2) is 42.5 Å². The fourth-order valence-corrected chi connectivity index (χ4v) is 3.74. The number of nitrogens with one attached hydrogen (secondary N) is 1. The Morgan fingerprint density at radius 2 is 1.60 bits per heavy atom. The topological polar surface area (TPSA) is 49.4 Å². The number of rotatable bonds is 9. The summed E-state index contributed by atoms with van der Waals surface area (Å²) in [5.41, 5.74) is 3.01. The predicted octanol–water partition coefficient (Wildman–Crippen LogP) is 5.60. The molecule has 2 aromatic carbocycles. The fraction of sp³-hybridized carbons (Fsp3) is 0.417. The third-order valence-corrected chi connectivity index (χ3v) is 5.89. The Morgan fingerprint density at radius 1 is 1.00 bits per heavy atom. The molecule has 1 unspecified atom stereocenters. The molecule has 0 aliphatic carbocycles. The number of hydrogen-bond donors (Lipinski definition) is 1. The minimum atomic E-state index is -0.631. The molecule has 0 fully saturated rings. The molecule has 0 radical (unpaired) electrons. The van der Waals surface area contributed by atoms with Crippen molar-refractivity contribution in [3.8, 4) is 0 Å². The molecule has 0 aliphatic heterocycles. The smallest absolute Gasteiger partial charge is 0.242 e. The van der Waals surface area contributed by atoms with Crippen molar-refractivity contribution in [2.75, 3.05) is 6.54 Å². The van der Waals surface area contributed by atoms with Gasteiger partial charge in [0.1, 0.15) is 6.04 Å². The van der Waals surface area contributed by atoms with Crippen LogP contribution in [-0.2, 0) is 22.6 Å². The molecule has 0 bridgehead atoms. The van der Waals surface area contributed by atoms with Gasteiger partial charge in [0.05, 0.1) is 0 Å². The Bertz CT molecular complexity index is 846. The highest BCUT2D eigenvalue weighted by Gasteiger charge is 2.27. The zero-order valence-electron chi connectivity index (χ0n) is 18.0. The maximum atomic E-state index is 13.1. The van der Waals surface area contributed by atoms with Crippen molar-refractivity contribution in [2.45, 2.75) is 59.0 Å². The second-order valence-electron chi connectivity index (χ2n) is 7.69. The van der Waals surface area contributed by atoms with Crippen LogP contribution in [0.3, 0.4) is 0 Å². The average molecular weight is 449 g/mol. The van der Waals surface area contributed by atoms with Crippen LogP contribution in [0.2, 0.25) is 10.0 Å². The van der Waals surface area contributed by atoms with E-state index in [1.165, 1.54) is 5.56 Å². The van der Waals surface area contributed by atoms with Gasteiger partial charge < -0.3 is 10.2 Å². The first-order chi connectivity index (χ1) is 14.2. The summed E-state index contributed by atoms with van der Waals surface area (Å²) in [5, 5.41) is 3.75. The van der Waals surface area contributed by atoms with E-state index in [2.05, 4.69) is 43.4 Å². The Labute approximate surface area is 189 Å². The van der Waals surface area contributed by atoms with Crippen molar-refractivity contribution in [1.29, 1.82) is 0 Å². The molecule has 0 spiro atoms. The van der Waals surface area contributed by atoms with E-state index in [0.29, 0.717) is 40.9 Å². The van der Waals surface area contributed by atoms with Gasteiger partial charge in [0.25, 0.3) is 0 Å². The number of likely N-dealkylation sites (N-methyl/N-ethyl adjacent to an activating group) is 1. The molecule has 1 N–H and O–H groups in total. The zero-order chi connectivity index (χ0) is 22.3. The molecule has 30 heavy (non-hydrogen) atoms. The molecule has 2 aromatic rings. The summed E-state index contributed by atoms with van der Waals surface area (Å²) in [4.78, 5) is 27.1. The van der Waals surface area contributed by atoms with Crippen LogP contribution >= 0.6 is 23.2 Å². The summed E-state index contributed by atoms with van der Waals surface area (Å²) in [6.45, 7) is 8.56. The standard InChI is InChI=1S/C24H30Cl2N2O2/c1-5-27-24(30)17(4)28(15-20-21(25)7-6-8-22(20)26)23(29)14-11-18-9-12-19(13-10-18)16(2)3/h6-10,12-13,16-17H,5,11,14-15H2,1-4H3,(H,27,30). The second kappa shape index (κ2) is 11.4. The van der Waals surface area contributed by atoms with Gasteiger partial charge in [0, 0.05) is 35.1 Å². The van der Waals surface area contributed by atoms with Crippen molar-refractivity contribution in [1.82, 2.24) is 10.2 Å². The first-order valence-corrected chi connectivity index (χ1v) is 11.1. The second-order valence-corrected chi connectivity index (χ2v) is 8.50. The molecule has 0 saturated carbocycles. The summed E-state index contributed by atoms with van der Waals surface area (Å²) in [5.74, 6) is 0.155. The summed E-state index contributed by atoms with van der Waals surface area (Å²) in [7, 11) is 0. The van der Waals surface area contributed by atoms with Crippen molar-refractivity contribution in [3.63, 3.8) is 0 Å². The van der Waals surface area contributed by atoms with E-state index >= 15 is 0 Å². The molecule has 0 aliphatic rings. The van der Waals surface area contributed by atoms with E-state index in [0.717, 1.165) is 5.56 Å².